The summed E-state index contributed by atoms with van der Waals surface area (Å²) in [5, 5.41) is 4.45. The lowest BCUT2D eigenvalue weighted by molar-refractivity contribution is 0.280. The van der Waals surface area contributed by atoms with Crippen molar-refractivity contribution in [2.75, 3.05) is 6.61 Å². The van der Waals surface area contributed by atoms with Crippen molar-refractivity contribution in [2.45, 2.75) is 30.4 Å². The molecule has 6 heteroatoms. The molecule has 1 fully saturated rings. The molecule has 5 nitrogen and oxygen atoms in total. The summed E-state index contributed by atoms with van der Waals surface area (Å²) in [6.45, 7) is 2.51. The van der Waals surface area contributed by atoms with Crippen LogP contribution in [0.2, 0.25) is 0 Å². The highest BCUT2D eigenvalue weighted by Crippen LogP contribution is 2.33. The first-order chi connectivity index (χ1) is 11.6. The van der Waals surface area contributed by atoms with Crippen molar-refractivity contribution in [1.82, 2.24) is 4.41 Å². The molecule has 0 unspecified atom stereocenters. The van der Waals surface area contributed by atoms with Crippen LogP contribution in [0.15, 0.2) is 64.6 Å². The minimum atomic E-state index is -3.68. The molecule has 4 rings (SSSR count). The van der Waals surface area contributed by atoms with E-state index >= 15 is 0 Å². The van der Waals surface area contributed by atoms with Gasteiger partial charge in [0.05, 0.1) is 23.3 Å². The number of nitrogens with zero attached hydrogens (tertiary/aromatic N) is 2. The molecule has 0 spiro atoms. The number of ether oxygens (including phenoxy) is 1. The second-order valence-electron chi connectivity index (χ2n) is 6.15. The van der Waals surface area contributed by atoms with Gasteiger partial charge in [0.1, 0.15) is 6.10 Å². The van der Waals surface area contributed by atoms with E-state index in [4.69, 9.17) is 4.74 Å². The number of hydrogen-bond acceptors (Lipinski definition) is 4. The number of rotatable bonds is 4. The van der Waals surface area contributed by atoms with Crippen LogP contribution in [0.25, 0.3) is 0 Å². The van der Waals surface area contributed by atoms with Crippen LogP contribution in [0.3, 0.4) is 0 Å². The van der Waals surface area contributed by atoms with Gasteiger partial charge < -0.3 is 4.74 Å². The monoisotopic (exact) mass is 342 g/mol. The third kappa shape index (κ3) is 2.72. The Morgan fingerprint density at radius 3 is 2.38 bits per heavy atom. The molecule has 2 atom stereocenters. The van der Waals surface area contributed by atoms with Crippen LogP contribution >= 0.6 is 0 Å². The molecule has 2 aromatic carbocycles. The highest BCUT2D eigenvalue weighted by molar-refractivity contribution is 7.89. The van der Waals surface area contributed by atoms with Gasteiger partial charge in [-0.25, -0.2) is 0 Å². The molecule has 2 aliphatic rings. The van der Waals surface area contributed by atoms with Crippen LogP contribution in [0, 0.1) is 6.92 Å². The summed E-state index contributed by atoms with van der Waals surface area (Å²) in [6, 6.07) is 16.3. The van der Waals surface area contributed by atoms with Crippen LogP contribution in [0.1, 0.15) is 17.5 Å². The fourth-order valence-electron chi connectivity index (χ4n) is 2.92. The normalized spacial score (nSPS) is 23.2. The molecule has 0 saturated carbocycles. The van der Waals surface area contributed by atoms with E-state index in [1.807, 2.05) is 37.3 Å². The number of hydrogen-bond donors (Lipinski definition) is 0. The molecule has 124 valence electrons. The van der Waals surface area contributed by atoms with E-state index in [1.165, 1.54) is 4.41 Å². The van der Waals surface area contributed by atoms with Crippen molar-refractivity contribution in [3.05, 3.63) is 65.7 Å². The van der Waals surface area contributed by atoms with Gasteiger partial charge in [0, 0.05) is 6.42 Å². The third-order valence-electron chi connectivity index (χ3n) is 4.37. The summed E-state index contributed by atoms with van der Waals surface area (Å²) in [7, 11) is -3.68. The quantitative estimate of drug-likeness (QED) is 0.802. The largest absolute Gasteiger partial charge is 0.371 e. The fourth-order valence-corrected chi connectivity index (χ4v) is 4.39. The second kappa shape index (κ2) is 5.72. The van der Waals surface area contributed by atoms with E-state index < -0.39 is 10.0 Å². The van der Waals surface area contributed by atoms with Gasteiger partial charge >= 0.3 is 0 Å². The van der Waals surface area contributed by atoms with Crippen LogP contribution in [0.4, 0.5) is 0 Å². The molecule has 0 radical (unpaired) electrons. The van der Waals surface area contributed by atoms with Crippen molar-refractivity contribution in [1.29, 1.82) is 0 Å². The van der Waals surface area contributed by atoms with Gasteiger partial charge in [0.25, 0.3) is 10.0 Å². The Kier molecular flexibility index (Phi) is 3.66. The lowest BCUT2D eigenvalue weighted by Gasteiger charge is -2.21. The average molecular weight is 342 g/mol. The maximum atomic E-state index is 13.0. The lowest BCUT2D eigenvalue weighted by Crippen LogP contribution is -2.36. The highest BCUT2D eigenvalue weighted by Gasteiger charge is 2.46. The van der Waals surface area contributed by atoms with Gasteiger partial charge in [-0.05, 0) is 24.6 Å². The molecule has 0 N–H and O–H groups in total. The van der Waals surface area contributed by atoms with Crippen LogP contribution in [-0.2, 0) is 14.8 Å². The summed E-state index contributed by atoms with van der Waals surface area (Å²) in [5.41, 5.74) is 2.75. The Morgan fingerprint density at radius 1 is 1.08 bits per heavy atom. The van der Waals surface area contributed by atoms with Crippen LogP contribution in [-0.4, -0.2) is 37.3 Å². The van der Waals surface area contributed by atoms with Gasteiger partial charge in [-0.2, -0.15) is 17.9 Å². The van der Waals surface area contributed by atoms with E-state index in [2.05, 4.69) is 5.10 Å². The molecular formula is C18H18N2O3S. The Morgan fingerprint density at radius 2 is 1.75 bits per heavy atom. The molecule has 0 bridgehead atoms. The molecule has 0 aromatic heterocycles. The molecular weight excluding hydrogens is 324 g/mol. The van der Waals surface area contributed by atoms with E-state index in [-0.39, 0.29) is 17.0 Å². The summed E-state index contributed by atoms with van der Waals surface area (Å²) in [5.74, 6) is 0. The molecule has 0 amide bonds. The SMILES string of the molecule is Cc1ccc(S(=O)(=O)N2N=C(c3ccccc3)C[C@@H]2[C@H]2CO2)cc1. The average Bonchev–Trinajstić information content (AvgIpc) is 3.34. The summed E-state index contributed by atoms with van der Waals surface area (Å²) in [6.07, 6.45) is 0.495. The number of hydrazone groups is 1. The molecule has 24 heavy (non-hydrogen) atoms. The fraction of sp³-hybridized carbons (Fsp3) is 0.278. The van der Waals surface area contributed by atoms with Gasteiger partial charge in [0.2, 0.25) is 0 Å². The van der Waals surface area contributed by atoms with E-state index in [0.717, 1.165) is 16.8 Å². The number of benzene rings is 2. The van der Waals surface area contributed by atoms with Crippen molar-refractivity contribution in [2.24, 2.45) is 5.10 Å². The van der Waals surface area contributed by atoms with Crippen molar-refractivity contribution < 1.29 is 13.2 Å². The van der Waals surface area contributed by atoms with Gasteiger partial charge in [-0.15, -0.1) is 0 Å². The zero-order chi connectivity index (χ0) is 16.7. The van der Waals surface area contributed by atoms with Crippen molar-refractivity contribution in [3.8, 4) is 0 Å². The van der Waals surface area contributed by atoms with Crippen LogP contribution < -0.4 is 0 Å². The lowest BCUT2D eigenvalue weighted by atomic mass is 10.0. The minimum absolute atomic E-state index is 0.0739. The smallest absolute Gasteiger partial charge is 0.279 e. The maximum Gasteiger partial charge on any atom is 0.279 e. The Balaban J connectivity index is 1.73. The standard InChI is InChI=1S/C18H18N2O3S/c1-13-7-9-15(10-8-13)24(21,22)20-17(18-12-23-18)11-16(19-20)14-5-3-2-4-6-14/h2-10,17-18H,11-12H2,1H3/t17-,18-/m1/s1. The van der Waals surface area contributed by atoms with Crippen LogP contribution in [0.5, 0.6) is 0 Å². The predicted octanol–water partition coefficient (Wildman–Crippen LogP) is 2.56. The minimum Gasteiger partial charge on any atom is -0.371 e. The predicted molar refractivity (Wildman–Crippen MR) is 91.3 cm³/mol. The molecule has 2 aromatic rings. The summed E-state index contributed by atoms with van der Waals surface area (Å²) in [4.78, 5) is 0.261. The number of aryl methyl sites for hydroxylation is 1. The maximum absolute atomic E-state index is 13.0. The van der Waals surface area contributed by atoms with E-state index in [1.54, 1.807) is 24.3 Å². The Hall–Kier alpha value is -2.18. The third-order valence-corrected chi connectivity index (χ3v) is 6.08. The molecule has 0 aliphatic carbocycles. The topological polar surface area (TPSA) is 62.3 Å². The summed E-state index contributed by atoms with van der Waals surface area (Å²) >= 11 is 0. The number of sulfonamides is 1. The Bertz CT molecular complexity index is 872. The van der Waals surface area contributed by atoms with Gasteiger partial charge in [-0.3, -0.25) is 0 Å². The number of epoxide rings is 1. The zero-order valence-corrected chi connectivity index (χ0v) is 14.1. The highest BCUT2D eigenvalue weighted by atomic mass is 32.2. The molecule has 2 aliphatic heterocycles. The molecule has 2 heterocycles. The first-order valence-corrected chi connectivity index (χ1v) is 9.35. The summed E-state index contributed by atoms with van der Waals surface area (Å²) < 4.78 is 32.7. The molecule has 1 saturated heterocycles. The van der Waals surface area contributed by atoms with E-state index in [0.29, 0.717) is 13.0 Å². The second-order valence-corrected chi connectivity index (χ2v) is 7.94. The van der Waals surface area contributed by atoms with Gasteiger partial charge in [0.15, 0.2) is 0 Å². The first-order valence-electron chi connectivity index (χ1n) is 7.91. The van der Waals surface area contributed by atoms with Crippen molar-refractivity contribution in [3.63, 3.8) is 0 Å². The zero-order valence-electron chi connectivity index (χ0n) is 13.3. The van der Waals surface area contributed by atoms with Crippen molar-refractivity contribution >= 4 is 15.7 Å². The Labute approximate surface area is 141 Å². The van der Waals surface area contributed by atoms with E-state index in [9.17, 15) is 8.42 Å². The van der Waals surface area contributed by atoms with Gasteiger partial charge in [-0.1, -0.05) is 48.0 Å². The first kappa shape index (κ1) is 15.4.